The summed E-state index contributed by atoms with van der Waals surface area (Å²) in [5.41, 5.74) is 6.48. The van der Waals surface area contributed by atoms with Crippen molar-refractivity contribution in [2.45, 2.75) is 25.8 Å². The predicted molar refractivity (Wildman–Crippen MR) is 65.1 cm³/mol. The maximum Gasteiger partial charge on any atom is 0.126 e. The number of hydrogen-bond donors (Lipinski definition) is 1. The topological polar surface area (TPSA) is 39.2 Å². The lowest BCUT2D eigenvalue weighted by molar-refractivity contribution is 0.434. The molecular weight excluding hydrogens is 236 g/mol. The van der Waals surface area contributed by atoms with Crippen LogP contribution in [0.15, 0.2) is 34.7 Å². The minimum absolute atomic E-state index is 0.339. The highest BCUT2D eigenvalue weighted by Gasteiger charge is 2.12. The number of rotatable bonds is 4. The lowest BCUT2D eigenvalue weighted by Crippen LogP contribution is -2.12. The molecule has 1 aromatic heterocycles. The quantitative estimate of drug-likeness (QED) is 0.904. The van der Waals surface area contributed by atoms with Crippen LogP contribution in [0.1, 0.15) is 30.0 Å². The number of benzene rings is 1. The number of halogens is 2. The summed E-state index contributed by atoms with van der Waals surface area (Å²) in [5, 5.41) is 0. The monoisotopic (exact) mass is 251 g/mol. The zero-order valence-electron chi connectivity index (χ0n) is 10.1. The van der Waals surface area contributed by atoms with E-state index in [1.165, 1.54) is 12.1 Å². The van der Waals surface area contributed by atoms with Crippen LogP contribution in [-0.2, 0) is 12.8 Å². The van der Waals surface area contributed by atoms with Crippen LogP contribution in [-0.4, -0.2) is 0 Å². The van der Waals surface area contributed by atoms with Gasteiger partial charge in [-0.2, -0.15) is 0 Å². The molecule has 0 spiro atoms. The van der Waals surface area contributed by atoms with Gasteiger partial charge < -0.3 is 10.2 Å². The molecule has 0 aliphatic heterocycles. The molecule has 1 atom stereocenters. The smallest absolute Gasteiger partial charge is 0.126 e. The highest BCUT2D eigenvalue weighted by Crippen LogP contribution is 2.20. The van der Waals surface area contributed by atoms with E-state index in [-0.39, 0.29) is 0 Å². The summed E-state index contributed by atoms with van der Waals surface area (Å²) in [6, 6.07) is 6.68. The van der Waals surface area contributed by atoms with Crippen molar-refractivity contribution >= 4 is 0 Å². The molecule has 1 aromatic carbocycles. The van der Waals surface area contributed by atoms with Gasteiger partial charge in [-0.15, -0.1) is 0 Å². The Morgan fingerprint density at radius 1 is 1.17 bits per heavy atom. The molecule has 0 radical (unpaired) electrons. The van der Waals surface area contributed by atoms with Crippen molar-refractivity contribution in [3.63, 3.8) is 0 Å². The summed E-state index contributed by atoms with van der Waals surface area (Å²) in [7, 11) is 0. The molecule has 96 valence electrons. The standard InChI is InChI=1S/C14H15F2NO/c1-2-12-3-4-14(18-12)13(17)7-9-5-10(15)8-11(16)6-9/h3-6,8,13H,2,7,17H2,1H3. The number of hydrogen-bond acceptors (Lipinski definition) is 2. The summed E-state index contributed by atoms with van der Waals surface area (Å²) >= 11 is 0. The summed E-state index contributed by atoms with van der Waals surface area (Å²) in [4.78, 5) is 0. The molecule has 18 heavy (non-hydrogen) atoms. The van der Waals surface area contributed by atoms with E-state index in [4.69, 9.17) is 10.2 Å². The fourth-order valence-corrected chi connectivity index (χ4v) is 1.87. The highest BCUT2D eigenvalue weighted by atomic mass is 19.1. The molecule has 2 N–H and O–H groups in total. The van der Waals surface area contributed by atoms with Crippen molar-refractivity contribution in [1.82, 2.24) is 0 Å². The molecule has 1 heterocycles. The van der Waals surface area contributed by atoms with Crippen LogP contribution in [0.4, 0.5) is 8.78 Å². The van der Waals surface area contributed by atoms with Gasteiger partial charge in [-0.05, 0) is 36.2 Å². The largest absolute Gasteiger partial charge is 0.464 e. The SMILES string of the molecule is CCc1ccc(C(N)Cc2cc(F)cc(F)c2)o1. The first-order valence-electron chi connectivity index (χ1n) is 5.87. The first-order valence-corrected chi connectivity index (χ1v) is 5.87. The molecule has 2 nitrogen and oxygen atoms in total. The minimum atomic E-state index is -0.592. The number of furan rings is 1. The third kappa shape index (κ3) is 2.96. The Morgan fingerprint density at radius 3 is 2.39 bits per heavy atom. The highest BCUT2D eigenvalue weighted by molar-refractivity contribution is 5.21. The van der Waals surface area contributed by atoms with Crippen LogP contribution in [0.25, 0.3) is 0 Å². The van der Waals surface area contributed by atoms with Gasteiger partial charge in [0.15, 0.2) is 0 Å². The van der Waals surface area contributed by atoms with Crippen molar-refractivity contribution in [3.05, 3.63) is 59.1 Å². The van der Waals surface area contributed by atoms with E-state index in [9.17, 15) is 8.78 Å². The zero-order chi connectivity index (χ0) is 13.1. The Kier molecular flexibility index (Phi) is 3.77. The molecule has 0 amide bonds. The number of nitrogens with two attached hydrogens (primary N) is 1. The van der Waals surface area contributed by atoms with Crippen LogP contribution >= 0.6 is 0 Å². The normalized spacial score (nSPS) is 12.7. The summed E-state index contributed by atoms with van der Waals surface area (Å²) in [6.07, 6.45) is 1.13. The van der Waals surface area contributed by atoms with Gasteiger partial charge in [-0.25, -0.2) is 8.78 Å². The average molecular weight is 251 g/mol. The Hall–Kier alpha value is -1.68. The Labute approximate surface area is 104 Å². The van der Waals surface area contributed by atoms with Crippen molar-refractivity contribution in [2.75, 3.05) is 0 Å². The Balaban J connectivity index is 2.12. The maximum absolute atomic E-state index is 13.0. The van der Waals surface area contributed by atoms with Crippen molar-refractivity contribution in [2.24, 2.45) is 5.73 Å². The minimum Gasteiger partial charge on any atom is -0.464 e. The molecule has 0 aliphatic rings. The molecule has 1 unspecified atom stereocenters. The number of aryl methyl sites for hydroxylation is 1. The lowest BCUT2D eigenvalue weighted by atomic mass is 10.0. The Morgan fingerprint density at radius 2 is 1.83 bits per heavy atom. The molecule has 0 saturated heterocycles. The third-order valence-electron chi connectivity index (χ3n) is 2.77. The van der Waals surface area contributed by atoms with Crippen LogP contribution in [0.2, 0.25) is 0 Å². The third-order valence-corrected chi connectivity index (χ3v) is 2.77. The van der Waals surface area contributed by atoms with Crippen LogP contribution in [0.3, 0.4) is 0 Å². The van der Waals surface area contributed by atoms with Gasteiger partial charge in [0.25, 0.3) is 0 Å². The van der Waals surface area contributed by atoms with Crippen LogP contribution in [0.5, 0.6) is 0 Å². The van der Waals surface area contributed by atoms with E-state index >= 15 is 0 Å². The molecule has 2 rings (SSSR count). The van der Waals surface area contributed by atoms with Crippen LogP contribution in [0, 0.1) is 11.6 Å². The van der Waals surface area contributed by atoms with E-state index < -0.39 is 17.7 Å². The molecule has 4 heteroatoms. The van der Waals surface area contributed by atoms with Crippen molar-refractivity contribution < 1.29 is 13.2 Å². The second kappa shape index (κ2) is 5.31. The average Bonchev–Trinajstić information content (AvgIpc) is 2.75. The van der Waals surface area contributed by atoms with Gasteiger partial charge in [0.2, 0.25) is 0 Å². The fraction of sp³-hybridized carbons (Fsp3) is 0.286. The molecule has 2 aromatic rings. The second-order valence-corrected chi connectivity index (χ2v) is 4.25. The molecule has 0 bridgehead atoms. The molecule has 0 aliphatic carbocycles. The lowest BCUT2D eigenvalue weighted by Gasteiger charge is -2.09. The maximum atomic E-state index is 13.0. The van der Waals surface area contributed by atoms with Gasteiger partial charge in [-0.1, -0.05) is 6.92 Å². The first kappa shape index (κ1) is 12.8. The van der Waals surface area contributed by atoms with Crippen molar-refractivity contribution in [3.8, 4) is 0 Å². The van der Waals surface area contributed by atoms with E-state index in [0.717, 1.165) is 18.2 Å². The van der Waals surface area contributed by atoms with Gasteiger partial charge in [0.1, 0.15) is 23.2 Å². The van der Waals surface area contributed by atoms with Gasteiger partial charge >= 0.3 is 0 Å². The van der Waals surface area contributed by atoms with E-state index in [2.05, 4.69) is 0 Å². The summed E-state index contributed by atoms with van der Waals surface area (Å²) in [5.74, 6) is 0.305. The van der Waals surface area contributed by atoms with Gasteiger partial charge in [0.05, 0.1) is 6.04 Å². The van der Waals surface area contributed by atoms with Gasteiger partial charge in [0, 0.05) is 12.5 Å². The molecular formula is C14H15F2NO. The van der Waals surface area contributed by atoms with E-state index in [0.29, 0.717) is 17.7 Å². The summed E-state index contributed by atoms with van der Waals surface area (Å²) in [6.45, 7) is 1.98. The van der Waals surface area contributed by atoms with Gasteiger partial charge in [-0.3, -0.25) is 0 Å². The van der Waals surface area contributed by atoms with Crippen molar-refractivity contribution in [1.29, 1.82) is 0 Å². The van der Waals surface area contributed by atoms with E-state index in [1.807, 2.05) is 13.0 Å². The first-order chi connectivity index (χ1) is 8.58. The molecule has 0 saturated carbocycles. The fourth-order valence-electron chi connectivity index (χ4n) is 1.87. The molecule has 0 fully saturated rings. The second-order valence-electron chi connectivity index (χ2n) is 4.25. The Bertz CT molecular complexity index is 516. The summed E-state index contributed by atoms with van der Waals surface area (Å²) < 4.78 is 31.6. The van der Waals surface area contributed by atoms with E-state index in [1.54, 1.807) is 6.07 Å². The zero-order valence-corrected chi connectivity index (χ0v) is 10.1. The predicted octanol–water partition coefficient (Wildman–Crippen LogP) is 3.36. The van der Waals surface area contributed by atoms with Crippen LogP contribution < -0.4 is 5.73 Å².